The van der Waals surface area contributed by atoms with E-state index in [1.807, 2.05) is 49.6 Å². The summed E-state index contributed by atoms with van der Waals surface area (Å²) in [6.45, 7) is 4.30. The Hall–Kier alpha value is -2.99. The molecule has 0 fully saturated rings. The number of nitrogens with zero attached hydrogens (tertiary/aromatic N) is 3. The van der Waals surface area contributed by atoms with Gasteiger partial charge >= 0.3 is 0 Å². The molecule has 0 aliphatic carbocycles. The van der Waals surface area contributed by atoms with E-state index in [1.54, 1.807) is 10.9 Å². The summed E-state index contributed by atoms with van der Waals surface area (Å²) in [4.78, 5) is 17.1. The lowest BCUT2D eigenvalue weighted by molar-refractivity contribution is 0.0950. The Balaban J connectivity index is 1.52. The Morgan fingerprint density at radius 3 is 3.12 bits per heavy atom. The van der Waals surface area contributed by atoms with Crippen LogP contribution in [0.2, 0.25) is 0 Å². The molecule has 0 saturated heterocycles. The highest BCUT2D eigenvalue weighted by molar-refractivity contribution is 5.94. The summed E-state index contributed by atoms with van der Waals surface area (Å²) in [5, 5.41) is 10.6. The molecular formula is C20H21N5O. The normalized spacial score (nSPS) is 13.3. The van der Waals surface area contributed by atoms with Gasteiger partial charge in [0.25, 0.3) is 5.91 Å². The molecule has 3 heterocycles. The molecule has 0 radical (unpaired) electrons. The molecule has 1 aliphatic rings. The predicted molar refractivity (Wildman–Crippen MR) is 99.1 cm³/mol. The Morgan fingerprint density at radius 2 is 2.27 bits per heavy atom. The summed E-state index contributed by atoms with van der Waals surface area (Å²) < 4.78 is 1.74. The van der Waals surface area contributed by atoms with Crippen molar-refractivity contribution in [3.05, 3.63) is 76.9 Å². The molecule has 26 heavy (non-hydrogen) atoms. The van der Waals surface area contributed by atoms with Gasteiger partial charge in [-0.3, -0.25) is 9.78 Å². The van der Waals surface area contributed by atoms with Gasteiger partial charge in [0.05, 0.1) is 5.69 Å². The molecule has 0 spiro atoms. The van der Waals surface area contributed by atoms with Crippen LogP contribution < -0.4 is 10.6 Å². The number of nitrogens with one attached hydrogen (secondary N) is 2. The molecule has 132 valence electrons. The quantitative estimate of drug-likeness (QED) is 0.759. The predicted octanol–water partition coefficient (Wildman–Crippen LogP) is 2.15. The van der Waals surface area contributed by atoms with Crippen LogP contribution in [0.25, 0.3) is 5.69 Å². The number of pyridine rings is 1. The SMILES string of the molecule is Cc1ncc2c(c1CNC(=O)c1cccc(-n3cccn3)c1)CCNC2. The van der Waals surface area contributed by atoms with Gasteiger partial charge in [-0.1, -0.05) is 6.07 Å². The van der Waals surface area contributed by atoms with Gasteiger partial charge in [0, 0.05) is 42.9 Å². The maximum absolute atomic E-state index is 12.6. The topological polar surface area (TPSA) is 71.8 Å². The van der Waals surface area contributed by atoms with E-state index >= 15 is 0 Å². The fourth-order valence-electron chi connectivity index (χ4n) is 3.36. The van der Waals surface area contributed by atoms with Crippen molar-refractivity contribution < 1.29 is 4.79 Å². The number of fused-ring (bicyclic) bond motifs is 1. The van der Waals surface area contributed by atoms with Gasteiger partial charge in [-0.15, -0.1) is 0 Å². The molecule has 0 saturated carbocycles. The molecule has 2 aromatic heterocycles. The van der Waals surface area contributed by atoms with Crippen LogP contribution in [-0.4, -0.2) is 27.2 Å². The average Bonchev–Trinajstić information content (AvgIpc) is 3.22. The monoisotopic (exact) mass is 347 g/mol. The molecule has 0 bridgehead atoms. The number of aromatic nitrogens is 3. The third-order valence-electron chi connectivity index (χ3n) is 4.77. The fraction of sp³-hybridized carbons (Fsp3) is 0.250. The van der Waals surface area contributed by atoms with Gasteiger partial charge in [0.15, 0.2) is 0 Å². The molecule has 3 aromatic rings. The van der Waals surface area contributed by atoms with Crippen LogP contribution >= 0.6 is 0 Å². The highest BCUT2D eigenvalue weighted by Crippen LogP contribution is 2.20. The van der Waals surface area contributed by atoms with E-state index in [-0.39, 0.29) is 5.91 Å². The molecule has 0 atom stereocenters. The molecule has 1 aromatic carbocycles. The third kappa shape index (κ3) is 3.23. The molecule has 6 heteroatoms. The van der Waals surface area contributed by atoms with Crippen LogP contribution in [0.5, 0.6) is 0 Å². The number of carbonyl (C=O) groups is 1. The van der Waals surface area contributed by atoms with Crippen molar-refractivity contribution in [1.82, 2.24) is 25.4 Å². The first-order valence-electron chi connectivity index (χ1n) is 8.77. The van der Waals surface area contributed by atoms with Gasteiger partial charge in [-0.2, -0.15) is 5.10 Å². The zero-order valence-corrected chi connectivity index (χ0v) is 14.7. The van der Waals surface area contributed by atoms with Crippen LogP contribution in [0.3, 0.4) is 0 Å². The molecule has 1 aliphatic heterocycles. The van der Waals surface area contributed by atoms with Crippen molar-refractivity contribution in [1.29, 1.82) is 0 Å². The fourth-order valence-corrected chi connectivity index (χ4v) is 3.36. The first kappa shape index (κ1) is 16.5. The number of benzene rings is 1. The third-order valence-corrected chi connectivity index (χ3v) is 4.77. The molecule has 0 unspecified atom stereocenters. The van der Waals surface area contributed by atoms with Gasteiger partial charge in [0.2, 0.25) is 0 Å². The first-order chi connectivity index (χ1) is 12.7. The smallest absolute Gasteiger partial charge is 0.251 e. The zero-order valence-electron chi connectivity index (χ0n) is 14.7. The highest BCUT2D eigenvalue weighted by atomic mass is 16.1. The summed E-state index contributed by atoms with van der Waals surface area (Å²) >= 11 is 0. The molecule has 4 rings (SSSR count). The van der Waals surface area contributed by atoms with Gasteiger partial charge < -0.3 is 10.6 Å². The second-order valence-corrected chi connectivity index (χ2v) is 6.44. The Bertz CT molecular complexity index is 933. The van der Waals surface area contributed by atoms with E-state index < -0.39 is 0 Å². The molecule has 2 N–H and O–H groups in total. The number of hydrogen-bond donors (Lipinski definition) is 2. The number of rotatable bonds is 4. The number of hydrogen-bond acceptors (Lipinski definition) is 4. The Labute approximate surface area is 152 Å². The van der Waals surface area contributed by atoms with E-state index in [2.05, 4.69) is 20.7 Å². The van der Waals surface area contributed by atoms with Crippen LogP contribution in [0.4, 0.5) is 0 Å². The number of aryl methyl sites for hydroxylation is 1. The van der Waals surface area contributed by atoms with Crippen LogP contribution in [-0.2, 0) is 19.5 Å². The number of carbonyl (C=O) groups excluding carboxylic acids is 1. The summed E-state index contributed by atoms with van der Waals surface area (Å²) in [7, 11) is 0. The van der Waals surface area contributed by atoms with Crippen molar-refractivity contribution in [2.45, 2.75) is 26.4 Å². The molecule has 1 amide bonds. The zero-order chi connectivity index (χ0) is 17.9. The number of amides is 1. The van der Waals surface area contributed by atoms with Crippen LogP contribution in [0, 0.1) is 6.92 Å². The van der Waals surface area contributed by atoms with Crippen LogP contribution in [0.15, 0.2) is 48.9 Å². The van der Waals surface area contributed by atoms with Crippen molar-refractivity contribution in [2.24, 2.45) is 0 Å². The lowest BCUT2D eigenvalue weighted by Gasteiger charge is -2.21. The van der Waals surface area contributed by atoms with Crippen molar-refractivity contribution in [3.8, 4) is 5.69 Å². The van der Waals surface area contributed by atoms with Gasteiger partial charge in [-0.25, -0.2) is 4.68 Å². The molecular weight excluding hydrogens is 326 g/mol. The van der Waals surface area contributed by atoms with E-state index in [1.165, 1.54) is 11.1 Å². The van der Waals surface area contributed by atoms with E-state index in [0.717, 1.165) is 36.5 Å². The van der Waals surface area contributed by atoms with Crippen LogP contribution in [0.1, 0.15) is 32.7 Å². The summed E-state index contributed by atoms with van der Waals surface area (Å²) in [6.07, 6.45) is 6.49. The second-order valence-electron chi connectivity index (χ2n) is 6.44. The maximum atomic E-state index is 12.6. The van der Waals surface area contributed by atoms with E-state index in [4.69, 9.17) is 0 Å². The Morgan fingerprint density at radius 1 is 1.35 bits per heavy atom. The van der Waals surface area contributed by atoms with Crippen molar-refractivity contribution in [3.63, 3.8) is 0 Å². The van der Waals surface area contributed by atoms with E-state index in [9.17, 15) is 4.79 Å². The largest absolute Gasteiger partial charge is 0.348 e. The second kappa shape index (κ2) is 7.09. The lowest BCUT2D eigenvalue weighted by Crippen LogP contribution is -2.28. The summed E-state index contributed by atoms with van der Waals surface area (Å²) in [5.74, 6) is -0.0926. The maximum Gasteiger partial charge on any atom is 0.251 e. The highest BCUT2D eigenvalue weighted by Gasteiger charge is 2.16. The summed E-state index contributed by atoms with van der Waals surface area (Å²) in [5.41, 5.74) is 6.16. The lowest BCUT2D eigenvalue weighted by atomic mass is 9.96. The van der Waals surface area contributed by atoms with E-state index in [0.29, 0.717) is 12.1 Å². The van der Waals surface area contributed by atoms with Crippen molar-refractivity contribution in [2.75, 3.05) is 6.54 Å². The average molecular weight is 347 g/mol. The standard InChI is InChI=1S/C20H21N5O/c1-14-19(18-6-8-21-11-16(18)12-22-14)13-23-20(26)15-4-2-5-17(10-15)25-9-3-7-24-25/h2-5,7,9-10,12,21H,6,8,11,13H2,1H3,(H,23,26). The van der Waals surface area contributed by atoms with Gasteiger partial charge in [0.1, 0.15) is 0 Å². The first-order valence-corrected chi connectivity index (χ1v) is 8.77. The Kier molecular flexibility index (Phi) is 4.50. The summed E-state index contributed by atoms with van der Waals surface area (Å²) in [6, 6.07) is 9.32. The molecule has 6 nitrogen and oxygen atoms in total. The van der Waals surface area contributed by atoms with Gasteiger partial charge in [-0.05, 0) is 60.8 Å². The minimum Gasteiger partial charge on any atom is -0.348 e. The minimum atomic E-state index is -0.0926. The van der Waals surface area contributed by atoms with Crippen molar-refractivity contribution >= 4 is 5.91 Å². The minimum absolute atomic E-state index is 0.0926.